The van der Waals surface area contributed by atoms with E-state index in [2.05, 4.69) is 32.4 Å². The molecule has 27 heavy (non-hydrogen) atoms. The Balaban J connectivity index is 1.70. The lowest BCUT2D eigenvalue weighted by Crippen LogP contribution is -2.21. The first-order valence-corrected chi connectivity index (χ1v) is 9.45. The Morgan fingerprint density at radius 1 is 1.22 bits per heavy atom. The Labute approximate surface area is 161 Å². The van der Waals surface area contributed by atoms with Gasteiger partial charge in [-0.25, -0.2) is 4.98 Å². The summed E-state index contributed by atoms with van der Waals surface area (Å²) in [6.07, 6.45) is 1.18. The Morgan fingerprint density at radius 2 is 2.07 bits per heavy atom. The lowest BCUT2D eigenvalue weighted by Gasteiger charge is -2.16. The molecule has 2 aromatic rings. The maximum atomic E-state index is 6.11. The van der Waals surface area contributed by atoms with Gasteiger partial charge in [0.15, 0.2) is 11.5 Å². The van der Waals surface area contributed by atoms with Gasteiger partial charge in [-0.2, -0.15) is 4.98 Å². The van der Waals surface area contributed by atoms with Gasteiger partial charge in [0.1, 0.15) is 5.82 Å². The third-order valence-electron chi connectivity index (χ3n) is 4.82. The first kappa shape index (κ1) is 19.2. The maximum absolute atomic E-state index is 6.11. The van der Waals surface area contributed by atoms with Crippen molar-refractivity contribution < 1.29 is 9.47 Å². The van der Waals surface area contributed by atoms with Crippen LogP contribution in [0.2, 0.25) is 0 Å². The van der Waals surface area contributed by atoms with Gasteiger partial charge in [-0.3, -0.25) is 0 Å². The Morgan fingerprint density at radius 3 is 2.78 bits per heavy atom. The number of anilines is 3. The minimum absolute atomic E-state index is 0.546. The van der Waals surface area contributed by atoms with Crippen molar-refractivity contribution in [1.29, 1.82) is 0 Å². The molecule has 1 atom stereocenters. The Kier molecular flexibility index (Phi) is 6.34. The van der Waals surface area contributed by atoms with Crippen molar-refractivity contribution in [2.45, 2.75) is 20.3 Å². The predicted octanol–water partition coefficient (Wildman–Crippen LogP) is 3.30. The molecule has 7 nitrogen and oxygen atoms in total. The number of likely N-dealkylation sites (tertiary alicyclic amines) is 1. The van der Waals surface area contributed by atoms with Crippen molar-refractivity contribution in [3.05, 3.63) is 30.0 Å². The van der Waals surface area contributed by atoms with Gasteiger partial charge in [-0.1, -0.05) is 6.92 Å². The number of hydrogen-bond donors (Lipinski definition) is 2. The molecule has 1 aliphatic heterocycles. The van der Waals surface area contributed by atoms with Gasteiger partial charge in [0.2, 0.25) is 5.95 Å². The summed E-state index contributed by atoms with van der Waals surface area (Å²) in [4.78, 5) is 11.3. The summed E-state index contributed by atoms with van der Waals surface area (Å²) in [6.45, 7) is 8.19. The molecule has 1 aromatic carbocycles. The molecule has 0 radical (unpaired) electrons. The van der Waals surface area contributed by atoms with Crippen molar-refractivity contribution in [3.63, 3.8) is 0 Å². The van der Waals surface area contributed by atoms with E-state index in [-0.39, 0.29) is 0 Å². The van der Waals surface area contributed by atoms with Gasteiger partial charge in [-0.15, -0.1) is 0 Å². The second-order valence-corrected chi connectivity index (χ2v) is 6.82. The molecule has 0 saturated carbocycles. The second kappa shape index (κ2) is 8.90. The van der Waals surface area contributed by atoms with E-state index < -0.39 is 0 Å². The van der Waals surface area contributed by atoms with Crippen LogP contribution >= 0.6 is 0 Å². The monoisotopic (exact) mass is 371 g/mol. The molecule has 2 N–H and O–H groups in total. The van der Waals surface area contributed by atoms with Crippen LogP contribution in [0.15, 0.2) is 24.3 Å². The van der Waals surface area contributed by atoms with Crippen LogP contribution < -0.4 is 20.1 Å². The molecule has 0 aliphatic carbocycles. The fourth-order valence-electron chi connectivity index (χ4n) is 3.29. The highest BCUT2D eigenvalue weighted by molar-refractivity contribution is 5.60. The summed E-state index contributed by atoms with van der Waals surface area (Å²) in [5, 5.41) is 6.29. The number of aromatic nitrogens is 2. The molecule has 0 spiro atoms. The normalized spacial score (nSPS) is 17.0. The molecule has 3 rings (SSSR count). The number of methoxy groups -OCH3 is 1. The third kappa shape index (κ3) is 5.01. The van der Waals surface area contributed by atoms with Crippen LogP contribution in [-0.4, -0.2) is 55.3 Å². The lowest BCUT2D eigenvalue weighted by atomic mass is 10.1. The average Bonchev–Trinajstić information content (AvgIpc) is 3.14. The Hall–Kier alpha value is -2.54. The third-order valence-corrected chi connectivity index (χ3v) is 4.82. The predicted molar refractivity (Wildman–Crippen MR) is 108 cm³/mol. The van der Waals surface area contributed by atoms with Gasteiger partial charge in [0.25, 0.3) is 0 Å². The second-order valence-electron chi connectivity index (χ2n) is 6.82. The number of benzene rings is 1. The highest BCUT2D eigenvalue weighted by atomic mass is 16.5. The standard InChI is InChI=1S/C20H29N5O2/c1-5-25-9-8-15(12-25)13-27-18-11-16(6-7-17(18)26-4)23-20-22-14(2)10-19(21-3)24-20/h6-7,10-11,15H,5,8-9,12-13H2,1-4H3,(H2,21,22,23,24)/t15-/m1/s1. The largest absolute Gasteiger partial charge is 0.493 e. The fraction of sp³-hybridized carbons (Fsp3) is 0.500. The molecule has 1 fully saturated rings. The average molecular weight is 371 g/mol. The molecule has 1 aromatic heterocycles. The number of nitrogens with one attached hydrogen (secondary N) is 2. The summed E-state index contributed by atoms with van der Waals surface area (Å²) in [5.74, 6) is 3.34. The number of nitrogens with zero attached hydrogens (tertiary/aromatic N) is 3. The summed E-state index contributed by atoms with van der Waals surface area (Å²) in [5.41, 5.74) is 1.75. The van der Waals surface area contributed by atoms with E-state index in [1.807, 2.05) is 38.2 Å². The molecular formula is C20H29N5O2. The number of hydrogen-bond acceptors (Lipinski definition) is 7. The highest BCUT2D eigenvalue weighted by Crippen LogP contribution is 2.32. The van der Waals surface area contributed by atoms with E-state index >= 15 is 0 Å². The van der Waals surface area contributed by atoms with Crippen LogP contribution in [0.25, 0.3) is 0 Å². The van der Waals surface area contributed by atoms with Gasteiger partial charge in [-0.05, 0) is 38.6 Å². The van der Waals surface area contributed by atoms with Gasteiger partial charge in [0.05, 0.1) is 13.7 Å². The fourth-order valence-corrected chi connectivity index (χ4v) is 3.29. The highest BCUT2D eigenvalue weighted by Gasteiger charge is 2.22. The maximum Gasteiger partial charge on any atom is 0.229 e. The zero-order valence-corrected chi connectivity index (χ0v) is 16.6. The first-order valence-electron chi connectivity index (χ1n) is 9.45. The lowest BCUT2D eigenvalue weighted by molar-refractivity contribution is 0.234. The minimum Gasteiger partial charge on any atom is -0.493 e. The van der Waals surface area contributed by atoms with Crippen LogP contribution in [0.4, 0.5) is 17.5 Å². The quantitative estimate of drug-likeness (QED) is 0.738. The van der Waals surface area contributed by atoms with Crippen LogP contribution in [-0.2, 0) is 0 Å². The van der Waals surface area contributed by atoms with E-state index in [0.717, 1.165) is 48.3 Å². The molecule has 7 heteroatoms. The Bertz CT molecular complexity index is 768. The van der Waals surface area contributed by atoms with Crippen molar-refractivity contribution in [2.75, 3.05) is 51.0 Å². The molecule has 1 saturated heterocycles. The van der Waals surface area contributed by atoms with Gasteiger partial charge < -0.3 is 25.0 Å². The first-order chi connectivity index (χ1) is 13.1. The number of aryl methyl sites for hydroxylation is 1. The van der Waals surface area contributed by atoms with Crippen molar-refractivity contribution in [2.24, 2.45) is 5.92 Å². The van der Waals surface area contributed by atoms with Crippen LogP contribution in [0.1, 0.15) is 19.0 Å². The summed E-state index contributed by atoms with van der Waals surface area (Å²) >= 11 is 0. The molecule has 1 aliphatic rings. The molecule has 146 valence electrons. The smallest absolute Gasteiger partial charge is 0.229 e. The van der Waals surface area contributed by atoms with Crippen LogP contribution in [0.5, 0.6) is 11.5 Å². The molecular weight excluding hydrogens is 342 g/mol. The molecule has 0 amide bonds. The van der Waals surface area contributed by atoms with Crippen molar-refractivity contribution >= 4 is 17.5 Å². The van der Waals surface area contributed by atoms with Gasteiger partial charge >= 0.3 is 0 Å². The van der Waals surface area contributed by atoms with E-state index in [9.17, 15) is 0 Å². The summed E-state index contributed by atoms with van der Waals surface area (Å²) in [6, 6.07) is 7.68. The van der Waals surface area contributed by atoms with E-state index in [1.165, 1.54) is 6.42 Å². The van der Waals surface area contributed by atoms with Crippen molar-refractivity contribution in [3.8, 4) is 11.5 Å². The summed E-state index contributed by atoms with van der Waals surface area (Å²) in [7, 11) is 3.50. The summed E-state index contributed by atoms with van der Waals surface area (Å²) < 4.78 is 11.6. The number of ether oxygens (including phenoxy) is 2. The topological polar surface area (TPSA) is 71.5 Å². The van der Waals surface area contributed by atoms with E-state index in [4.69, 9.17) is 9.47 Å². The molecule has 0 unspecified atom stereocenters. The molecule has 0 bridgehead atoms. The zero-order valence-electron chi connectivity index (χ0n) is 16.6. The van der Waals surface area contributed by atoms with Crippen LogP contribution in [0, 0.1) is 12.8 Å². The zero-order chi connectivity index (χ0) is 19.2. The minimum atomic E-state index is 0.546. The van der Waals surface area contributed by atoms with Gasteiger partial charge in [0, 0.05) is 43.0 Å². The van der Waals surface area contributed by atoms with E-state index in [1.54, 1.807) is 7.11 Å². The number of rotatable bonds is 8. The van der Waals surface area contributed by atoms with Crippen LogP contribution in [0.3, 0.4) is 0 Å². The van der Waals surface area contributed by atoms with E-state index in [0.29, 0.717) is 18.5 Å². The molecule has 2 heterocycles. The SMILES string of the molecule is CCN1CC[C@@H](COc2cc(Nc3nc(C)cc(NC)n3)ccc2OC)C1. The van der Waals surface area contributed by atoms with Crippen molar-refractivity contribution in [1.82, 2.24) is 14.9 Å².